The van der Waals surface area contributed by atoms with E-state index in [1.54, 1.807) is 30.2 Å². The number of nitrogens with zero attached hydrogens (tertiary/aromatic N) is 3. The Morgan fingerprint density at radius 3 is 2.65 bits per heavy atom. The Morgan fingerprint density at radius 2 is 2.00 bits per heavy atom. The van der Waals surface area contributed by atoms with Crippen molar-refractivity contribution in [1.82, 2.24) is 14.2 Å². The van der Waals surface area contributed by atoms with Gasteiger partial charge in [0.2, 0.25) is 10.0 Å². The minimum Gasteiger partial charge on any atom is -0.337 e. The van der Waals surface area contributed by atoms with Gasteiger partial charge in [-0.1, -0.05) is 0 Å². The fraction of sp³-hybridized carbons (Fsp3) is 0.538. The maximum Gasteiger partial charge on any atom is 0.255 e. The topological polar surface area (TPSA) is 70.6 Å². The van der Waals surface area contributed by atoms with Crippen molar-refractivity contribution in [3.8, 4) is 0 Å². The predicted octanol–water partition coefficient (Wildman–Crippen LogP) is 0.498. The Bertz CT molecular complexity index is 601. The first-order valence-corrected chi connectivity index (χ1v) is 8.40. The van der Waals surface area contributed by atoms with E-state index < -0.39 is 10.0 Å². The van der Waals surface area contributed by atoms with Crippen molar-refractivity contribution in [3.63, 3.8) is 0 Å². The molecule has 0 atom stereocenters. The number of hydrogen-bond donors (Lipinski definition) is 0. The van der Waals surface area contributed by atoms with Gasteiger partial charge >= 0.3 is 0 Å². The first kappa shape index (κ1) is 14.9. The number of aromatic nitrogens is 1. The molecule has 1 aromatic rings. The average Bonchev–Trinajstić information content (AvgIpc) is 2.63. The molecule has 1 aromatic heterocycles. The highest BCUT2D eigenvalue weighted by Gasteiger charge is 2.25. The molecule has 1 aliphatic rings. The zero-order chi connectivity index (χ0) is 14.8. The second-order valence-corrected chi connectivity index (χ2v) is 6.93. The summed E-state index contributed by atoms with van der Waals surface area (Å²) in [5.41, 5.74) is 1.28. The molecular formula is C13H19N3O3S. The van der Waals surface area contributed by atoms with Crippen LogP contribution >= 0.6 is 0 Å². The number of sulfonamides is 1. The lowest BCUT2D eigenvalue weighted by molar-refractivity contribution is 0.0763. The standard InChI is InChI=1S/C13H19N3O3S/c1-11-12(5-3-6-14-11)13(17)15-7-4-8-16(10-9-15)20(2,18)19/h3,5-6H,4,7-10H2,1-2H3. The van der Waals surface area contributed by atoms with Crippen LogP contribution in [0.3, 0.4) is 0 Å². The summed E-state index contributed by atoms with van der Waals surface area (Å²) in [6.45, 7) is 3.60. The van der Waals surface area contributed by atoms with Crippen LogP contribution in [0.4, 0.5) is 0 Å². The number of pyridine rings is 1. The van der Waals surface area contributed by atoms with E-state index >= 15 is 0 Å². The average molecular weight is 297 g/mol. The smallest absolute Gasteiger partial charge is 0.255 e. The molecular weight excluding hydrogens is 278 g/mol. The van der Waals surface area contributed by atoms with Crippen molar-refractivity contribution in [1.29, 1.82) is 0 Å². The lowest BCUT2D eigenvalue weighted by Crippen LogP contribution is -2.37. The molecule has 0 spiro atoms. The lowest BCUT2D eigenvalue weighted by Gasteiger charge is -2.21. The number of rotatable bonds is 2. The Hall–Kier alpha value is -1.47. The van der Waals surface area contributed by atoms with Crippen LogP contribution in [0.1, 0.15) is 22.5 Å². The van der Waals surface area contributed by atoms with Gasteiger partial charge in [0.1, 0.15) is 0 Å². The van der Waals surface area contributed by atoms with Gasteiger partial charge in [0.05, 0.1) is 11.8 Å². The minimum absolute atomic E-state index is 0.0778. The SMILES string of the molecule is Cc1ncccc1C(=O)N1CCCN(S(C)(=O)=O)CC1. The largest absolute Gasteiger partial charge is 0.337 e. The summed E-state index contributed by atoms with van der Waals surface area (Å²) in [4.78, 5) is 18.3. The van der Waals surface area contributed by atoms with Gasteiger partial charge in [-0.25, -0.2) is 12.7 Å². The highest BCUT2D eigenvalue weighted by atomic mass is 32.2. The lowest BCUT2D eigenvalue weighted by atomic mass is 10.2. The molecule has 0 bridgehead atoms. The number of carbonyl (C=O) groups is 1. The summed E-state index contributed by atoms with van der Waals surface area (Å²) >= 11 is 0. The number of amides is 1. The molecule has 1 fully saturated rings. The van der Waals surface area contributed by atoms with Crippen molar-refractivity contribution >= 4 is 15.9 Å². The molecule has 2 rings (SSSR count). The molecule has 1 aliphatic heterocycles. The Balaban J connectivity index is 2.11. The van der Waals surface area contributed by atoms with Crippen molar-refractivity contribution in [2.24, 2.45) is 0 Å². The van der Waals surface area contributed by atoms with Crippen molar-refractivity contribution < 1.29 is 13.2 Å². The highest BCUT2D eigenvalue weighted by Crippen LogP contribution is 2.12. The molecule has 0 radical (unpaired) electrons. The first-order chi connectivity index (χ1) is 9.39. The third kappa shape index (κ3) is 3.34. The molecule has 110 valence electrons. The van der Waals surface area contributed by atoms with E-state index in [1.807, 2.05) is 0 Å². The Morgan fingerprint density at radius 1 is 1.25 bits per heavy atom. The predicted molar refractivity (Wildman–Crippen MR) is 75.9 cm³/mol. The quantitative estimate of drug-likeness (QED) is 0.797. The van der Waals surface area contributed by atoms with Crippen molar-refractivity contribution in [2.45, 2.75) is 13.3 Å². The number of aryl methyl sites for hydroxylation is 1. The molecule has 0 aromatic carbocycles. The van der Waals surface area contributed by atoms with E-state index in [0.717, 1.165) is 0 Å². The van der Waals surface area contributed by atoms with Crippen LogP contribution in [-0.4, -0.2) is 60.9 Å². The summed E-state index contributed by atoms with van der Waals surface area (Å²) in [6.07, 6.45) is 3.51. The maximum absolute atomic E-state index is 12.4. The van der Waals surface area contributed by atoms with E-state index in [9.17, 15) is 13.2 Å². The molecule has 6 nitrogen and oxygen atoms in total. The second-order valence-electron chi connectivity index (χ2n) is 4.94. The van der Waals surface area contributed by atoms with Gasteiger partial charge in [-0.05, 0) is 25.5 Å². The van der Waals surface area contributed by atoms with E-state index in [-0.39, 0.29) is 5.91 Å². The first-order valence-electron chi connectivity index (χ1n) is 6.55. The summed E-state index contributed by atoms with van der Waals surface area (Å²) in [5, 5.41) is 0. The van der Waals surface area contributed by atoms with Crippen LogP contribution in [0.5, 0.6) is 0 Å². The fourth-order valence-electron chi connectivity index (χ4n) is 2.31. The van der Waals surface area contributed by atoms with Gasteiger partial charge in [-0.15, -0.1) is 0 Å². The van der Waals surface area contributed by atoms with Crippen molar-refractivity contribution in [2.75, 3.05) is 32.4 Å². The van der Waals surface area contributed by atoms with E-state index in [0.29, 0.717) is 43.9 Å². The van der Waals surface area contributed by atoms with Gasteiger partial charge < -0.3 is 4.90 Å². The summed E-state index contributed by atoms with van der Waals surface area (Å²) in [7, 11) is -3.19. The highest BCUT2D eigenvalue weighted by molar-refractivity contribution is 7.88. The molecule has 0 aliphatic carbocycles. The Labute approximate surface area is 119 Å². The molecule has 20 heavy (non-hydrogen) atoms. The zero-order valence-electron chi connectivity index (χ0n) is 11.7. The van der Waals surface area contributed by atoms with Crippen LogP contribution < -0.4 is 0 Å². The second kappa shape index (κ2) is 5.88. The molecule has 7 heteroatoms. The molecule has 0 saturated carbocycles. The van der Waals surface area contributed by atoms with Crippen molar-refractivity contribution in [3.05, 3.63) is 29.6 Å². The van der Waals surface area contributed by atoms with E-state index in [2.05, 4.69) is 4.98 Å². The van der Waals surface area contributed by atoms with Crippen LogP contribution in [-0.2, 0) is 10.0 Å². The van der Waals surface area contributed by atoms with E-state index in [1.165, 1.54) is 10.6 Å². The zero-order valence-corrected chi connectivity index (χ0v) is 12.6. The minimum atomic E-state index is -3.19. The summed E-state index contributed by atoms with van der Waals surface area (Å²) in [5.74, 6) is -0.0778. The van der Waals surface area contributed by atoms with Crippen LogP contribution in [0, 0.1) is 6.92 Å². The number of hydrogen-bond acceptors (Lipinski definition) is 4. The monoisotopic (exact) mass is 297 g/mol. The molecule has 1 amide bonds. The Kier molecular flexibility index (Phi) is 4.39. The molecule has 0 unspecified atom stereocenters. The summed E-state index contributed by atoms with van der Waals surface area (Å²) < 4.78 is 24.5. The maximum atomic E-state index is 12.4. The third-order valence-electron chi connectivity index (χ3n) is 3.45. The third-order valence-corrected chi connectivity index (χ3v) is 4.75. The number of carbonyl (C=O) groups excluding carboxylic acids is 1. The van der Waals surface area contributed by atoms with Gasteiger partial charge in [0.15, 0.2) is 0 Å². The van der Waals surface area contributed by atoms with Gasteiger partial charge in [-0.3, -0.25) is 9.78 Å². The van der Waals surface area contributed by atoms with Crippen LogP contribution in [0.25, 0.3) is 0 Å². The normalized spacial score (nSPS) is 17.8. The van der Waals surface area contributed by atoms with Crippen LogP contribution in [0.2, 0.25) is 0 Å². The van der Waals surface area contributed by atoms with Crippen LogP contribution in [0.15, 0.2) is 18.3 Å². The molecule has 0 N–H and O–H groups in total. The summed E-state index contributed by atoms with van der Waals surface area (Å²) in [6, 6.07) is 3.49. The fourth-order valence-corrected chi connectivity index (χ4v) is 3.18. The van der Waals surface area contributed by atoms with Gasteiger partial charge in [0.25, 0.3) is 5.91 Å². The van der Waals surface area contributed by atoms with E-state index in [4.69, 9.17) is 0 Å². The molecule has 2 heterocycles. The van der Waals surface area contributed by atoms with Gasteiger partial charge in [-0.2, -0.15) is 0 Å². The molecule has 1 saturated heterocycles. The van der Waals surface area contributed by atoms with Gasteiger partial charge in [0, 0.05) is 38.1 Å².